The van der Waals surface area contributed by atoms with Crippen molar-refractivity contribution in [2.75, 3.05) is 5.73 Å². The molecule has 1 aromatic carbocycles. The van der Waals surface area contributed by atoms with Gasteiger partial charge in [-0.3, -0.25) is 0 Å². The van der Waals surface area contributed by atoms with Gasteiger partial charge in [-0.1, -0.05) is 37.5 Å². The second-order valence-electron chi connectivity index (χ2n) is 4.82. The van der Waals surface area contributed by atoms with Gasteiger partial charge in [-0.2, -0.15) is 0 Å². The topological polar surface area (TPSA) is 72.2 Å². The van der Waals surface area contributed by atoms with Crippen LogP contribution in [-0.2, 0) is 16.6 Å². The van der Waals surface area contributed by atoms with Crippen molar-refractivity contribution in [2.45, 2.75) is 43.9 Å². The summed E-state index contributed by atoms with van der Waals surface area (Å²) in [6.07, 6.45) is 4.73. The lowest BCUT2D eigenvalue weighted by atomic mass is 10.0. The van der Waals surface area contributed by atoms with E-state index in [0.717, 1.165) is 37.7 Å². The Morgan fingerprint density at radius 1 is 1.17 bits per heavy atom. The molecule has 4 nitrogen and oxygen atoms in total. The molecular formula is C13H20N2O2S. The molecule has 1 fully saturated rings. The Labute approximate surface area is 109 Å². The van der Waals surface area contributed by atoms with Crippen molar-refractivity contribution in [1.29, 1.82) is 0 Å². The molecule has 1 aliphatic carbocycles. The zero-order chi connectivity index (χ0) is 13.0. The Hall–Kier alpha value is -1.07. The molecule has 100 valence electrons. The Morgan fingerprint density at radius 2 is 1.83 bits per heavy atom. The zero-order valence-electron chi connectivity index (χ0n) is 10.4. The molecule has 1 saturated carbocycles. The third-order valence-corrected chi connectivity index (χ3v) is 5.41. The summed E-state index contributed by atoms with van der Waals surface area (Å²) >= 11 is 0. The third-order valence-electron chi connectivity index (χ3n) is 3.51. The summed E-state index contributed by atoms with van der Waals surface area (Å²) in [6.45, 7) is 0.283. The van der Waals surface area contributed by atoms with Crippen molar-refractivity contribution in [3.05, 3.63) is 29.8 Å². The van der Waals surface area contributed by atoms with Crippen molar-refractivity contribution in [3.8, 4) is 0 Å². The van der Waals surface area contributed by atoms with Crippen LogP contribution in [0.1, 0.15) is 37.7 Å². The maximum Gasteiger partial charge on any atom is 0.214 e. The second kappa shape index (κ2) is 5.71. The van der Waals surface area contributed by atoms with Crippen LogP contribution in [0, 0.1) is 0 Å². The lowest BCUT2D eigenvalue weighted by Crippen LogP contribution is -2.35. The van der Waals surface area contributed by atoms with Crippen LogP contribution in [0.5, 0.6) is 0 Å². The molecule has 0 aliphatic heterocycles. The number of nitrogens with one attached hydrogen (secondary N) is 1. The van der Waals surface area contributed by atoms with Gasteiger partial charge in [0.15, 0.2) is 0 Å². The average Bonchev–Trinajstić information content (AvgIpc) is 2.39. The minimum Gasteiger partial charge on any atom is -0.398 e. The SMILES string of the molecule is Nc1ccccc1CNS(=O)(=O)C1CCCCC1. The van der Waals surface area contributed by atoms with Gasteiger partial charge in [0.25, 0.3) is 0 Å². The molecule has 0 unspecified atom stereocenters. The molecule has 0 atom stereocenters. The third kappa shape index (κ3) is 3.23. The van der Waals surface area contributed by atoms with Crippen LogP contribution in [0.15, 0.2) is 24.3 Å². The van der Waals surface area contributed by atoms with Gasteiger partial charge in [0, 0.05) is 12.2 Å². The van der Waals surface area contributed by atoms with Crippen molar-refractivity contribution >= 4 is 15.7 Å². The lowest BCUT2D eigenvalue weighted by Gasteiger charge is -2.22. The van der Waals surface area contributed by atoms with Crippen LogP contribution in [0.4, 0.5) is 5.69 Å². The molecule has 0 amide bonds. The van der Waals surface area contributed by atoms with Crippen LogP contribution in [0.2, 0.25) is 0 Å². The lowest BCUT2D eigenvalue weighted by molar-refractivity contribution is 0.477. The van der Waals surface area contributed by atoms with Crippen LogP contribution < -0.4 is 10.5 Å². The number of para-hydroxylation sites is 1. The van der Waals surface area contributed by atoms with Gasteiger partial charge in [-0.25, -0.2) is 13.1 Å². The highest BCUT2D eigenvalue weighted by atomic mass is 32.2. The van der Waals surface area contributed by atoms with E-state index in [4.69, 9.17) is 5.73 Å². The van der Waals surface area contributed by atoms with E-state index in [-0.39, 0.29) is 11.8 Å². The van der Waals surface area contributed by atoms with Gasteiger partial charge in [0.2, 0.25) is 10.0 Å². The highest BCUT2D eigenvalue weighted by molar-refractivity contribution is 7.90. The summed E-state index contributed by atoms with van der Waals surface area (Å²) in [5.41, 5.74) is 7.25. The Morgan fingerprint density at radius 3 is 2.50 bits per heavy atom. The number of rotatable bonds is 4. The van der Waals surface area contributed by atoms with E-state index in [2.05, 4.69) is 4.72 Å². The summed E-state index contributed by atoms with van der Waals surface area (Å²) in [4.78, 5) is 0. The standard InChI is InChI=1S/C13H20N2O2S/c14-13-9-5-4-6-11(13)10-15-18(16,17)12-7-2-1-3-8-12/h4-6,9,12,15H,1-3,7-8,10,14H2. The minimum atomic E-state index is -3.20. The normalized spacial score (nSPS) is 17.8. The first kappa shape index (κ1) is 13.4. The summed E-state index contributed by atoms with van der Waals surface area (Å²) in [5, 5.41) is -0.226. The van der Waals surface area contributed by atoms with Crippen LogP contribution in [0.25, 0.3) is 0 Å². The van der Waals surface area contributed by atoms with E-state index >= 15 is 0 Å². The van der Waals surface area contributed by atoms with Crippen LogP contribution >= 0.6 is 0 Å². The number of nitrogen functional groups attached to an aromatic ring is 1. The fraction of sp³-hybridized carbons (Fsp3) is 0.538. The highest BCUT2D eigenvalue weighted by Crippen LogP contribution is 2.23. The highest BCUT2D eigenvalue weighted by Gasteiger charge is 2.26. The Balaban J connectivity index is 1.98. The molecule has 1 aromatic rings. The molecule has 0 aromatic heterocycles. The van der Waals surface area contributed by atoms with Crippen LogP contribution in [0.3, 0.4) is 0 Å². The summed E-state index contributed by atoms with van der Waals surface area (Å²) in [5.74, 6) is 0. The minimum absolute atomic E-state index is 0.226. The molecule has 0 radical (unpaired) electrons. The molecular weight excluding hydrogens is 248 g/mol. The van der Waals surface area contributed by atoms with Gasteiger partial charge in [0.05, 0.1) is 5.25 Å². The van der Waals surface area contributed by atoms with E-state index in [1.54, 1.807) is 6.07 Å². The predicted octanol–water partition coefficient (Wildman–Crippen LogP) is 2.02. The summed E-state index contributed by atoms with van der Waals surface area (Å²) in [6, 6.07) is 7.33. The Kier molecular flexibility index (Phi) is 4.24. The molecule has 0 saturated heterocycles. The van der Waals surface area contributed by atoms with Gasteiger partial charge in [0.1, 0.15) is 0 Å². The van der Waals surface area contributed by atoms with E-state index in [1.165, 1.54) is 0 Å². The number of benzene rings is 1. The van der Waals surface area contributed by atoms with Crippen LogP contribution in [-0.4, -0.2) is 13.7 Å². The molecule has 5 heteroatoms. The van der Waals surface area contributed by atoms with Crippen molar-refractivity contribution in [1.82, 2.24) is 4.72 Å². The van der Waals surface area contributed by atoms with Crippen molar-refractivity contribution in [2.24, 2.45) is 0 Å². The fourth-order valence-electron chi connectivity index (χ4n) is 2.37. The van der Waals surface area contributed by atoms with E-state index in [9.17, 15) is 8.42 Å². The number of hydrogen-bond donors (Lipinski definition) is 2. The number of sulfonamides is 1. The van der Waals surface area contributed by atoms with Gasteiger partial charge < -0.3 is 5.73 Å². The first-order valence-corrected chi connectivity index (χ1v) is 7.96. The van der Waals surface area contributed by atoms with E-state index in [1.807, 2.05) is 18.2 Å². The molecule has 1 aliphatic rings. The number of anilines is 1. The molecule has 2 rings (SSSR count). The monoisotopic (exact) mass is 268 g/mol. The van der Waals surface area contributed by atoms with Crippen molar-refractivity contribution in [3.63, 3.8) is 0 Å². The maximum atomic E-state index is 12.1. The smallest absolute Gasteiger partial charge is 0.214 e. The number of hydrogen-bond acceptors (Lipinski definition) is 3. The quantitative estimate of drug-likeness (QED) is 0.821. The molecule has 0 heterocycles. The predicted molar refractivity (Wildman–Crippen MR) is 73.5 cm³/mol. The van der Waals surface area contributed by atoms with Gasteiger partial charge in [-0.05, 0) is 24.5 Å². The second-order valence-corrected chi connectivity index (χ2v) is 6.87. The molecule has 18 heavy (non-hydrogen) atoms. The largest absolute Gasteiger partial charge is 0.398 e. The molecule has 0 bridgehead atoms. The van der Waals surface area contributed by atoms with E-state index < -0.39 is 10.0 Å². The van der Waals surface area contributed by atoms with E-state index in [0.29, 0.717) is 5.69 Å². The fourth-order valence-corrected chi connectivity index (χ4v) is 3.91. The molecule has 3 N–H and O–H groups in total. The van der Waals surface area contributed by atoms with Crippen molar-refractivity contribution < 1.29 is 8.42 Å². The molecule has 0 spiro atoms. The van der Waals surface area contributed by atoms with Gasteiger partial charge >= 0.3 is 0 Å². The average molecular weight is 268 g/mol. The summed E-state index contributed by atoms with van der Waals surface area (Å²) < 4.78 is 26.9. The summed E-state index contributed by atoms with van der Waals surface area (Å²) in [7, 11) is -3.20. The number of nitrogens with two attached hydrogens (primary N) is 1. The maximum absolute atomic E-state index is 12.1. The zero-order valence-corrected chi connectivity index (χ0v) is 11.2. The first-order chi connectivity index (χ1) is 8.59. The first-order valence-electron chi connectivity index (χ1n) is 6.41. The van der Waals surface area contributed by atoms with Gasteiger partial charge in [-0.15, -0.1) is 0 Å². The Bertz CT molecular complexity index is 493.